The van der Waals surface area contributed by atoms with Gasteiger partial charge in [-0.3, -0.25) is 14.7 Å². The number of benzene rings is 2. The van der Waals surface area contributed by atoms with Crippen molar-refractivity contribution in [3.8, 4) is 5.69 Å². The fourth-order valence-corrected chi connectivity index (χ4v) is 4.22. The summed E-state index contributed by atoms with van der Waals surface area (Å²) in [5, 5.41) is 5.74. The minimum Gasteiger partial charge on any atom is -0.335 e. The largest absolute Gasteiger partial charge is 0.335 e. The van der Waals surface area contributed by atoms with Gasteiger partial charge in [-0.25, -0.2) is 4.68 Å². The summed E-state index contributed by atoms with van der Waals surface area (Å²) in [5.41, 5.74) is 4.72. The Morgan fingerprint density at radius 3 is 2.52 bits per heavy atom. The lowest BCUT2D eigenvalue weighted by Crippen LogP contribution is -2.48. The first-order valence-electron chi connectivity index (χ1n) is 10.7. The fraction of sp³-hybridized carbons (Fsp3) is 0.240. The predicted octanol–water partition coefficient (Wildman–Crippen LogP) is 3.69. The molecule has 0 unspecified atom stereocenters. The van der Waals surface area contributed by atoms with Crippen LogP contribution < -0.4 is 0 Å². The minimum absolute atomic E-state index is 0.00394. The van der Waals surface area contributed by atoms with Crippen LogP contribution in [0.2, 0.25) is 0 Å². The minimum atomic E-state index is 0.00394. The molecule has 3 heterocycles. The lowest BCUT2D eigenvalue weighted by atomic mass is 10.1. The highest BCUT2D eigenvalue weighted by Crippen LogP contribution is 2.19. The number of carbonyl (C=O) groups excluding carboxylic acids is 1. The molecule has 31 heavy (non-hydrogen) atoms. The van der Waals surface area contributed by atoms with Gasteiger partial charge in [0.05, 0.1) is 11.2 Å². The molecule has 0 atom stereocenters. The third kappa shape index (κ3) is 3.94. The average molecular weight is 412 g/mol. The second-order valence-corrected chi connectivity index (χ2v) is 7.98. The van der Waals surface area contributed by atoms with Crippen LogP contribution in [0.3, 0.4) is 0 Å². The number of carbonyl (C=O) groups is 1. The van der Waals surface area contributed by atoms with E-state index < -0.39 is 0 Å². The van der Waals surface area contributed by atoms with Crippen LogP contribution in [-0.4, -0.2) is 56.7 Å². The summed E-state index contributed by atoms with van der Waals surface area (Å²) in [6.45, 7) is 5.91. The molecule has 2 aromatic carbocycles. The summed E-state index contributed by atoms with van der Waals surface area (Å²) in [6, 6.07) is 22.2. The van der Waals surface area contributed by atoms with Crippen molar-refractivity contribution in [2.24, 2.45) is 0 Å². The third-order valence-electron chi connectivity index (χ3n) is 5.88. The van der Waals surface area contributed by atoms with E-state index >= 15 is 0 Å². The van der Waals surface area contributed by atoms with Crippen molar-refractivity contribution in [1.82, 2.24) is 24.6 Å². The second-order valence-electron chi connectivity index (χ2n) is 7.98. The zero-order valence-corrected chi connectivity index (χ0v) is 17.6. The van der Waals surface area contributed by atoms with Gasteiger partial charge in [-0.2, -0.15) is 5.10 Å². The van der Waals surface area contributed by atoms with Crippen LogP contribution in [0.5, 0.6) is 0 Å². The van der Waals surface area contributed by atoms with Crippen LogP contribution in [0.25, 0.3) is 16.6 Å². The normalized spacial score (nSPS) is 14.8. The summed E-state index contributed by atoms with van der Waals surface area (Å²) in [5.74, 6) is 0.00394. The molecule has 2 aromatic heterocycles. The van der Waals surface area contributed by atoms with Gasteiger partial charge in [0.2, 0.25) is 0 Å². The highest BCUT2D eigenvalue weighted by molar-refractivity contribution is 5.92. The Kier molecular flexibility index (Phi) is 5.22. The number of hydrogen-bond acceptors (Lipinski definition) is 4. The smallest absolute Gasteiger partial charge is 0.274 e. The van der Waals surface area contributed by atoms with Gasteiger partial charge in [0.15, 0.2) is 5.69 Å². The molecule has 0 radical (unpaired) electrons. The zero-order chi connectivity index (χ0) is 21.2. The summed E-state index contributed by atoms with van der Waals surface area (Å²) < 4.78 is 1.83. The number of hydrogen-bond donors (Lipinski definition) is 0. The molecule has 5 rings (SSSR count). The number of aromatic nitrogens is 3. The van der Waals surface area contributed by atoms with E-state index in [9.17, 15) is 4.79 Å². The Bertz CT molecular complexity index is 1200. The standard InChI is InChI=1S/C25H25N5O/c1-19-17-23(27-30(19)22-10-3-2-4-11-22)25(31)29-15-13-28(14-16-29)18-21-8-5-7-20-9-6-12-26-24(20)21/h2-12,17H,13-16,18H2,1H3. The molecule has 6 nitrogen and oxygen atoms in total. The van der Waals surface area contributed by atoms with Crippen molar-refractivity contribution in [3.05, 3.63) is 89.9 Å². The molecule has 156 valence electrons. The molecule has 1 aliphatic rings. The molecule has 0 spiro atoms. The van der Waals surface area contributed by atoms with Crippen molar-refractivity contribution in [2.75, 3.05) is 26.2 Å². The van der Waals surface area contributed by atoms with E-state index in [0.717, 1.165) is 41.9 Å². The van der Waals surface area contributed by atoms with Gasteiger partial charge in [0, 0.05) is 50.0 Å². The van der Waals surface area contributed by atoms with Crippen LogP contribution in [0.15, 0.2) is 72.9 Å². The third-order valence-corrected chi connectivity index (χ3v) is 5.88. The summed E-state index contributed by atoms with van der Waals surface area (Å²) in [7, 11) is 0. The van der Waals surface area contributed by atoms with Gasteiger partial charge in [0.1, 0.15) is 0 Å². The van der Waals surface area contributed by atoms with Crippen LogP contribution in [0.4, 0.5) is 0 Å². The molecule has 1 amide bonds. The molecule has 0 bridgehead atoms. The van der Waals surface area contributed by atoms with E-state index in [1.807, 2.05) is 65.2 Å². The maximum atomic E-state index is 13.1. The maximum absolute atomic E-state index is 13.1. The SMILES string of the molecule is Cc1cc(C(=O)N2CCN(Cc3cccc4cccnc34)CC2)nn1-c1ccccc1. The number of aryl methyl sites for hydroxylation is 1. The van der Waals surface area contributed by atoms with Crippen LogP contribution in [-0.2, 0) is 6.54 Å². The van der Waals surface area contributed by atoms with Gasteiger partial charge >= 0.3 is 0 Å². The average Bonchev–Trinajstić information content (AvgIpc) is 3.21. The predicted molar refractivity (Wildman–Crippen MR) is 121 cm³/mol. The van der Waals surface area contributed by atoms with Gasteiger partial charge in [-0.05, 0) is 36.8 Å². The van der Waals surface area contributed by atoms with Crippen molar-refractivity contribution in [1.29, 1.82) is 0 Å². The number of piperazine rings is 1. The second kappa shape index (κ2) is 8.32. The lowest BCUT2D eigenvalue weighted by Gasteiger charge is -2.34. The van der Waals surface area contributed by atoms with Gasteiger partial charge in [-0.1, -0.05) is 42.5 Å². The molecular formula is C25H25N5O. The Morgan fingerprint density at radius 1 is 0.935 bits per heavy atom. The number of rotatable bonds is 4. The molecule has 0 N–H and O–H groups in total. The van der Waals surface area contributed by atoms with E-state index in [1.165, 1.54) is 5.56 Å². The van der Waals surface area contributed by atoms with Gasteiger partial charge < -0.3 is 4.90 Å². The van der Waals surface area contributed by atoms with E-state index in [0.29, 0.717) is 18.8 Å². The number of para-hydroxylation sites is 2. The van der Waals surface area contributed by atoms with Crippen LogP contribution in [0, 0.1) is 6.92 Å². The number of pyridine rings is 1. The Labute approximate surface area is 181 Å². The quantitative estimate of drug-likeness (QED) is 0.514. The first-order chi connectivity index (χ1) is 15.2. The number of fused-ring (bicyclic) bond motifs is 1. The topological polar surface area (TPSA) is 54.3 Å². The van der Waals surface area contributed by atoms with Crippen molar-refractivity contribution < 1.29 is 4.79 Å². The molecule has 0 saturated carbocycles. The van der Waals surface area contributed by atoms with Gasteiger partial charge in [0.25, 0.3) is 5.91 Å². The van der Waals surface area contributed by atoms with Crippen molar-refractivity contribution in [3.63, 3.8) is 0 Å². The van der Waals surface area contributed by atoms with E-state index in [4.69, 9.17) is 0 Å². The molecule has 1 saturated heterocycles. The van der Waals surface area contributed by atoms with E-state index in [-0.39, 0.29) is 5.91 Å². The maximum Gasteiger partial charge on any atom is 0.274 e. The zero-order valence-electron chi connectivity index (χ0n) is 17.6. The fourth-order valence-electron chi connectivity index (χ4n) is 4.22. The molecular weight excluding hydrogens is 386 g/mol. The Hall–Kier alpha value is -3.51. The Morgan fingerprint density at radius 2 is 1.71 bits per heavy atom. The van der Waals surface area contributed by atoms with Gasteiger partial charge in [-0.15, -0.1) is 0 Å². The highest BCUT2D eigenvalue weighted by atomic mass is 16.2. The summed E-state index contributed by atoms with van der Waals surface area (Å²) in [6.07, 6.45) is 1.85. The first-order valence-corrected chi connectivity index (χ1v) is 10.7. The molecule has 0 aliphatic carbocycles. The number of nitrogens with zero attached hydrogens (tertiary/aromatic N) is 5. The van der Waals surface area contributed by atoms with E-state index in [1.54, 1.807) is 0 Å². The molecule has 1 fully saturated rings. The van der Waals surface area contributed by atoms with E-state index in [2.05, 4.69) is 39.2 Å². The Balaban J connectivity index is 1.25. The first kappa shape index (κ1) is 19.5. The molecule has 4 aromatic rings. The highest BCUT2D eigenvalue weighted by Gasteiger charge is 2.25. The van der Waals surface area contributed by atoms with Crippen LogP contribution >= 0.6 is 0 Å². The van der Waals surface area contributed by atoms with Crippen LogP contribution in [0.1, 0.15) is 21.7 Å². The van der Waals surface area contributed by atoms with Crippen molar-refractivity contribution in [2.45, 2.75) is 13.5 Å². The van der Waals surface area contributed by atoms with Crippen molar-refractivity contribution >= 4 is 16.8 Å². The molecule has 1 aliphatic heterocycles. The molecule has 6 heteroatoms. The summed E-state index contributed by atoms with van der Waals surface area (Å²) in [4.78, 5) is 21.9. The number of amides is 1. The summed E-state index contributed by atoms with van der Waals surface area (Å²) >= 11 is 0. The lowest BCUT2D eigenvalue weighted by molar-refractivity contribution is 0.0622. The monoisotopic (exact) mass is 411 g/mol.